The number of nitrogens with two attached hydrogens (primary N) is 1. The first kappa shape index (κ1) is 16.9. The number of hydrogen-bond donors (Lipinski definition) is 4. The van der Waals surface area contributed by atoms with E-state index in [2.05, 4.69) is 25.3 Å². The molecule has 5 N–H and O–H groups in total. The van der Waals surface area contributed by atoms with E-state index in [9.17, 15) is 9.59 Å². The van der Waals surface area contributed by atoms with E-state index in [0.29, 0.717) is 36.7 Å². The van der Waals surface area contributed by atoms with E-state index in [1.165, 1.54) is 6.33 Å². The summed E-state index contributed by atoms with van der Waals surface area (Å²) in [6.07, 6.45) is 2.87. The number of esters is 1. The van der Waals surface area contributed by atoms with Gasteiger partial charge >= 0.3 is 5.97 Å². The monoisotopic (exact) mass is 322 g/mol. The summed E-state index contributed by atoms with van der Waals surface area (Å²) in [4.78, 5) is 36.7. The molecule has 0 aromatic carbocycles. The Labute approximate surface area is 133 Å². The highest BCUT2D eigenvalue weighted by atomic mass is 16.5. The van der Waals surface area contributed by atoms with E-state index in [-0.39, 0.29) is 17.4 Å². The molecular formula is C14H22N6O3. The van der Waals surface area contributed by atoms with Gasteiger partial charge in [0.05, 0.1) is 12.9 Å². The Hall–Kier alpha value is -2.42. The molecule has 2 heterocycles. The van der Waals surface area contributed by atoms with Gasteiger partial charge in [0, 0.05) is 6.54 Å². The van der Waals surface area contributed by atoms with Crippen molar-refractivity contribution in [3.63, 3.8) is 0 Å². The van der Waals surface area contributed by atoms with Crippen molar-refractivity contribution in [2.24, 2.45) is 11.7 Å². The molecule has 0 saturated carbocycles. The quantitative estimate of drug-likeness (QED) is 0.406. The van der Waals surface area contributed by atoms with Crippen molar-refractivity contribution >= 4 is 23.1 Å². The van der Waals surface area contributed by atoms with Crippen molar-refractivity contribution in [3.8, 4) is 0 Å². The maximum atomic E-state index is 11.7. The molecule has 0 radical (unpaired) electrons. The summed E-state index contributed by atoms with van der Waals surface area (Å²) >= 11 is 0. The third-order valence-corrected chi connectivity index (χ3v) is 3.39. The van der Waals surface area contributed by atoms with E-state index in [0.717, 1.165) is 6.42 Å². The van der Waals surface area contributed by atoms with Gasteiger partial charge in [-0.3, -0.25) is 14.6 Å². The van der Waals surface area contributed by atoms with Gasteiger partial charge in [0.2, 0.25) is 5.95 Å². The third kappa shape index (κ3) is 4.52. The first-order valence-corrected chi connectivity index (χ1v) is 7.58. The summed E-state index contributed by atoms with van der Waals surface area (Å²) in [6.45, 7) is 4.66. The molecule has 23 heavy (non-hydrogen) atoms. The minimum absolute atomic E-state index is 0.0593. The van der Waals surface area contributed by atoms with Crippen molar-refractivity contribution < 1.29 is 9.53 Å². The molecule has 0 aliphatic rings. The van der Waals surface area contributed by atoms with Gasteiger partial charge in [-0.05, 0) is 18.8 Å². The van der Waals surface area contributed by atoms with E-state index >= 15 is 0 Å². The van der Waals surface area contributed by atoms with E-state index in [1.54, 1.807) is 0 Å². The van der Waals surface area contributed by atoms with Crippen LogP contribution in [0.2, 0.25) is 0 Å². The number of aromatic nitrogens is 4. The second-order valence-corrected chi connectivity index (χ2v) is 5.59. The van der Waals surface area contributed by atoms with Gasteiger partial charge < -0.3 is 20.8 Å². The lowest BCUT2D eigenvalue weighted by molar-refractivity contribution is -0.146. The third-order valence-electron chi connectivity index (χ3n) is 3.39. The number of aromatic amines is 2. The van der Waals surface area contributed by atoms with Crippen molar-refractivity contribution in [1.29, 1.82) is 0 Å². The largest absolute Gasteiger partial charge is 0.465 e. The van der Waals surface area contributed by atoms with Crippen molar-refractivity contribution in [1.82, 2.24) is 19.9 Å². The number of hydrogen-bond acceptors (Lipinski definition) is 7. The lowest BCUT2D eigenvalue weighted by Gasteiger charge is -2.14. The van der Waals surface area contributed by atoms with Gasteiger partial charge in [-0.15, -0.1) is 0 Å². The Morgan fingerprint density at radius 3 is 2.96 bits per heavy atom. The summed E-state index contributed by atoms with van der Waals surface area (Å²) in [6, 6.07) is -0.581. The van der Waals surface area contributed by atoms with Crippen LogP contribution < -0.4 is 16.6 Å². The minimum atomic E-state index is -0.581. The van der Waals surface area contributed by atoms with E-state index in [1.807, 2.05) is 13.8 Å². The molecule has 0 saturated heterocycles. The summed E-state index contributed by atoms with van der Waals surface area (Å²) < 4.78 is 5.10. The summed E-state index contributed by atoms with van der Waals surface area (Å²) in [5, 5.41) is 3.01. The van der Waals surface area contributed by atoms with Gasteiger partial charge in [-0.2, -0.15) is 4.98 Å². The Kier molecular flexibility index (Phi) is 5.69. The Morgan fingerprint density at radius 2 is 2.22 bits per heavy atom. The molecule has 0 amide bonds. The van der Waals surface area contributed by atoms with Crippen molar-refractivity contribution in [3.05, 3.63) is 16.7 Å². The molecule has 0 spiro atoms. The Balaban J connectivity index is 1.69. The standard InChI is InChI=1S/C14H22N6O3/c1-8(2)9(15)13(22)23-6-4-3-5-16-14-19-11-10(12(21)20-14)17-7-18-11/h7-9H,3-6,15H2,1-2H3,(H3,16,17,18,19,20,21)/t9-/m0/s1. The zero-order chi connectivity index (χ0) is 16.8. The van der Waals surface area contributed by atoms with Crippen LogP contribution in [0.1, 0.15) is 26.7 Å². The molecule has 126 valence electrons. The second-order valence-electron chi connectivity index (χ2n) is 5.59. The lowest BCUT2D eigenvalue weighted by atomic mass is 10.1. The molecule has 1 atom stereocenters. The maximum Gasteiger partial charge on any atom is 0.323 e. The van der Waals surface area contributed by atoms with Gasteiger partial charge in [0.15, 0.2) is 11.2 Å². The number of carbonyl (C=O) groups excluding carboxylic acids is 1. The number of rotatable bonds is 8. The molecule has 0 aliphatic heterocycles. The summed E-state index contributed by atoms with van der Waals surface area (Å²) in [7, 11) is 0. The highest BCUT2D eigenvalue weighted by Crippen LogP contribution is 2.04. The predicted octanol–water partition coefficient (Wildman–Crippen LogP) is 0.365. The lowest BCUT2D eigenvalue weighted by Crippen LogP contribution is -2.37. The highest BCUT2D eigenvalue weighted by molar-refractivity contribution is 5.75. The van der Waals surface area contributed by atoms with Crippen LogP contribution in [0.5, 0.6) is 0 Å². The number of carbonyl (C=O) groups is 1. The molecule has 0 bridgehead atoms. The van der Waals surface area contributed by atoms with Crippen LogP contribution in [0.3, 0.4) is 0 Å². The number of nitrogens with zero attached hydrogens (tertiary/aromatic N) is 2. The molecule has 9 heteroatoms. The van der Waals surface area contributed by atoms with Crippen LogP contribution in [0.4, 0.5) is 5.95 Å². The molecule has 0 unspecified atom stereocenters. The summed E-state index contributed by atoms with van der Waals surface area (Å²) in [5.74, 6) is 0.0559. The average Bonchev–Trinajstić information content (AvgIpc) is 2.98. The zero-order valence-corrected chi connectivity index (χ0v) is 13.3. The molecule has 9 nitrogen and oxygen atoms in total. The number of nitrogens with one attached hydrogen (secondary N) is 3. The van der Waals surface area contributed by atoms with Crippen LogP contribution in [-0.4, -0.2) is 45.1 Å². The number of H-pyrrole nitrogens is 2. The number of anilines is 1. The molecule has 0 aliphatic carbocycles. The van der Waals surface area contributed by atoms with Crippen LogP contribution in [0.15, 0.2) is 11.1 Å². The molecule has 2 aromatic heterocycles. The van der Waals surface area contributed by atoms with Crippen molar-refractivity contribution in [2.45, 2.75) is 32.7 Å². The topological polar surface area (TPSA) is 139 Å². The fourth-order valence-electron chi connectivity index (χ4n) is 1.90. The van der Waals surface area contributed by atoms with E-state index in [4.69, 9.17) is 10.5 Å². The molecule has 2 rings (SSSR count). The number of imidazole rings is 1. The number of unbranched alkanes of at least 4 members (excludes halogenated alkanes) is 1. The first-order valence-electron chi connectivity index (χ1n) is 7.58. The minimum Gasteiger partial charge on any atom is -0.465 e. The Morgan fingerprint density at radius 1 is 1.43 bits per heavy atom. The fourth-order valence-corrected chi connectivity index (χ4v) is 1.90. The van der Waals surface area contributed by atoms with Crippen LogP contribution in [-0.2, 0) is 9.53 Å². The van der Waals surface area contributed by atoms with Crippen LogP contribution in [0, 0.1) is 5.92 Å². The second kappa shape index (κ2) is 7.73. The normalized spacial score (nSPS) is 12.5. The maximum absolute atomic E-state index is 11.7. The molecule has 2 aromatic rings. The van der Waals surface area contributed by atoms with Crippen molar-refractivity contribution in [2.75, 3.05) is 18.5 Å². The smallest absolute Gasteiger partial charge is 0.323 e. The van der Waals surface area contributed by atoms with Crippen LogP contribution in [0.25, 0.3) is 11.2 Å². The van der Waals surface area contributed by atoms with E-state index < -0.39 is 6.04 Å². The van der Waals surface area contributed by atoms with Gasteiger partial charge in [0.1, 0.15) is 6.04 Å². The highest BCUT2D eigenvalue weighted by Gasteiger charge is 2.18. The number of ether oxygens (including phenoxy) is 1. The molecular weight excluding hydrogens is 300 g/mol. The Bertz CT molecular complexity index is 708. The van der Waals surface area contributed by atoms with Gasteiger partial charge in [0.25, 0.3) is 5.56 Å². The number of fused-ring (bicyclic) bond motifs is 1. The first-order chi connectivity index (χ1) is 11.0. The zero-order valence-electron chi connectivity index (χ0n) is 13.3. The van der Waals surface area contributed by atoms with Gasteiger partial charge in [-0.25, -0.2) is 4.98 Å². The average molecular weight is 322 g/mol. The van der Waals surface area contributed by atoms with Gasteiger partial charge in [-0.1, -0.05) is 13.8 Å². The molecule has 0 fully saturated rings. The van der Waals surface area contributed by atoms with Crippen LogP contribution >= 0.6 is 0 Å². The SMILES string of the molecule is CC(C)[C@H](N)C(=O)OCCCCNc1nc2nc[nH]c2c(=O)[nH]1. The predicted molar refractivity (Wildman–Crippen MR) is 86.0 cm³/mol. The summed E-state index contributed by atoms with van der Waals surface area (Å²) in [5.41, 5.74) is 6.14. The fraction of sp³-hybridized carbons (Fsp3) is 0.571.